The Labute approximate surface area is 100 Å². The van der Waals surface area contributed by atoms with Crippen LogP contribution in [0, 0.1) is 0 Å². The maximum absolute atomic E-state index is 11.2. The van der Waals surface area contributed by atoms with Gasteiger partial charge in [-0.25, -0.2) is 4.79 Å². The van der Waals surface area contributed by atoms with Gasteiger partial charge in [-0.1, -0.05) is 0 Å². The summed E-state index contributed by atoms with van der Waals surface area (Å²) in [6.45, 7) is 6.71. The first-order valence-electron chi connectivity index (χ1n) is 4.94. The number of alkyl halides is 1. The largest absolute Gasteiger partial charge is 0.459 e. The van der Waals surface area contributed by atoms with Gasteiger partial charge in [0.1, 0.15) is 11.7 Å². The zero-order valence-corrected chi connectivity index (χ0v) is 10.8. The average Bonchev–Trinajstić information content (AvgIpc) is 2.08. The van der Waals surface area contributed by atoms with E-state index in [1.54, 1.807) is 20.8 Å². The molecule has 6 heteroatoms. The Kier molecular flexibility index (Phi) is 6.18. The smallest absolute Gasteiger partial charge is 0.407 e. The number of alkyl carbamates (subject to hydrolysis) is 1. The number of carbonyl (C=O) groups is 2. The van der Waals surface area contributed by atoms with Crippen molar-refractivity contribution in [3.05, 3.63) is 0 Å². The lowest BCUT2D eigenvalue weighted by Gasteiger charge is -2.21. The molecule has 0 heterocycles. The summed E-state index contributed by atoms with van der Waals surface area (Å²) in [5.74, 6) is -0.313. The monoisotopic (exact) mass is 251 g/mol. The van der Waals surface area contributed by atoms with Crippen molar-refractivity contribution in [2.75, 3.05) is 12.4 Å². The molecule has 0 radical (unpaired) electrons. The van der Waals surface area contributed by atoms with Crippen LogP contribution in [-0.4, -0.2) is 36.2 Å². The molecule has 0 aliphatic carbocycles. The zero-order chi connectivity index (χ0) is 12.8. The van der Waals surface area contributed by atoms with E-state index in [9.17, 15) is 9.59 Å². The molecule has 5 nitrogen and oxygen atoms in total. The Morgan fingerprint density at radius 1 is 1.38 bits per heavy atom. The van der Waals surface area contributed by atoms with Crippen LogP contribution in [0.4, 0.5) is 4.79 Å². The van der Waals surface area contributed by atoms with E-state index >= 15 is 0 Å². The van der Waals surface area contributed by atoms with Crippen molar-refractivity contribution in [1.29, 1.82) is 0 Å². The average molecular weight is 252 g/mol. The molecule has 1 atom stereocenters. The molecule has 0 spiro atoms. The lowest BCUT2D eigenvalue weighted by molar-refractivity contribution is -0.145. The van der Waals surface area contributed by atoms with Gasteiger partial charge < -0.3 is 14.8 Å². The highest BCUT2D eigenvalue weighted by Crippen LogP contribution is 2.06. The maximum Gasteiger partial charge on any atom is 0.407 e. The second kappa shape index (κ2) is 6.58. The Bertz CT molecular complexity index is 250. The molecule has 0 aromatic heterocycles. The molecule has 16 heavy (non-hydrogen) atoms. The van der Waals surface area contributed by atoms with Gasteiger partial charge in [0.25, 0.3) is 0 Å². The SMILES string of the molecule is CC(=O)OC(CCl)CNC(=O)OC(C)(C)C. The summed E-state index contributed by atoms with van der Waals surface area (Å²) < 4.78 is 9.84. The molecular formula is C10H18ClNO4. The normalized spacial score (nSPS) is 12.8. The van der Waals surface area contributed by atoms with Crippen LogP contribution in [0.3, 0.4) is 0 Å². The minimum Gasteiger partial charge on any atom is -0.459 e. The molecule has 1 amide bonds. The van der Waals surface area contributed by atoms with Gasteiger partial charge in [-0.15, -0.1) is 11.6 Å². The van der Waals surface area contributed by atoms with Crippen LogP contribution in [-0.2, 0) is 14.3 Å². The summed E-state index contributed by atoms with van der Waals surface area (Å²) in [7, 11) is 0. The van der Waals surface area contributed by atoms with Gasteiger partial charge >= 0.3 is 12.1 Å². The van der Waals surface area contributed by atoms with Crippen LogP contribution < -0.4 is 5.32 Å². The van der Waals surface area contributed by atoms with E-state index in [-0.39, 0.29) is 12.4 Å². The summed E-state index contributed by atoms with van der Waals surface area (Å²) >= 11 is 5.56. The highest BCUT2D eigenvalue weighted by atomic mass is 35.5. The first-order valence-corrected chi connectivity index (χ1v) is 5.48. The third-order valence-corrected chi connectivity index (χ3v) is 1.72. The number of hydrogen-bond acceptors (Lipinski definition) is 4. The van der Waals surface area contributed by atoms with E-state index in [1.807, 2.05) is 0 Å². The minimum atomic E-state index is -0.560. The fraction of sp³-hybridized carbons (Fsp3) is 0.800. The van der Waals surface area contributed by atoms with Gasteiger partial charge in [0.2, 0.25) is 0 Å². The van der Waals surface area contributed by atoms with Gasteiger partial charge in [-0.2, -0.15) is 0 Å². The number of halogens is 1. The lowest BCUT2D eigenvalue weighted by Crippen LogP contribution is -2.38. The fourth-order valence-corrected chi connectivity index (χ4v) is 1.05. The number of rotatable bonds is 4. The molecule has 0 saturated heterocycles. The molecule has 0 aliphatic heterocycles. The number of carbonyl (C=O) groups excluding carboxylic acids is 2. The van der Waals surface area contributed by atoms with E-state index in [4.69, 9.17) is 21.1 Å². The number of ether oxygens (including phenoxy) is 2. The topological polar surface area (TPSA) is 64.6 Å². The highest BCUT2D eigenvalue weighted by Gasteiger charge is 2.18. The lowest BCUT2D eigenvalue weighted by atomic mass is 10.2. The van der Waals surface area contributed by atoms with Crippen molar-refractivity contribution in [1.82, 2.24) is 5.32 Å². The summed E-state index contributed by atoms with van der Waals surface area (Å²) in [4.78, 5) is 21.9. The van der Waals surface area contributed by atoms with Crippen LogP contribution >= 0.6 is 11.6 Å². The predicted octanol–water partition coefficient (Wildman–Crippen LogP) is 1.68. The van der Waals surface area contributed by atoms with Crippen LogP contribution in [0.1, 0.15) is 27.7 Å². The molecule has 0 fully saturated rings. The van der Waals surface area contributed by atoms with Crippen molar-refractivity contribution in [2.24, 2.45) is 0 Å². The molecule has 1 N–H and O–H groups in total. The Morgan fingerprint density at radius 2 is 1.94 bits per heavy atom. The van der Waals surface area contributed by atoms with Crippen molar-refractivity contribution in [3.63, 3.8) is 0 Å². The van der Waals surface area contributed by atoms with Gasteiger partial charge in [0.15, 0.2) is 0 Å². The first-order chi connectivity index (χ1) is 7.24. The third kappa shape index (κ3) is 8.35. The molecule has 0 aliphatic rings. The van der Waals surface area contributed by atoms with Crippen molar-refractivity contribution >= 4 is 23.7 Å². The molecule has 0 aromatic carbocycles. The summed E-state index contributed by atoms with van der Waals surface area (Å²) in [6, 6.07) is 0. The quantitative estimate of drug-likeness (QED) is 0.610. The van der Waals surface area contributed by atoms with Crippen LogP contribution in [0.5, 0.6) is 0 Å². The van der Waals surface area contributed by atoms with E-state index in [0.717, 1.165) is 0 Å². The number of hydrogen-bond donors (Lipinski definition) is 1. The van der Waals surface area contributed by atoms with E-state index in [0.29, 0.717) is 0 Å². The fourth-order valence-electron chi connectivity index (χ4n) is 0.874. The molecule has 0 saturated carbocycles. The molecule has 1 unspecified atom stereocenters. The molecular weight excluding hydrogens is 234 g/mol. The standard InChI is InChI=1S/C10H18ClNO4/c1-7(13)15-8(5-11)6-12-9(14)16-10(2,3)4/h8H,5-6H2,1-4H3,(H,12,14). The van der Waals surface area contributed by atoms with E-state index in [1.165, 1.54) is 6.92 Å². The minimum absolute atomic E-state index is 0.120. The van der Waals surface area contributed by atoms with Crippen LogP contribution in [0.2, 0.25) is 0 Å². The first kappa shape index (κ1) is 15.0. The number of esters is 1. The summed E-state index contributed by atoms with van der Waals surface area (Å²) in [5.41, 5.74) is -0.554. The van der Waals surface area contributed by atoms with Crippen LogP contribution in [0.25, 0.3) is 0 Å². The summed E-state index contributed by atoms with van der Waals surface area (Å²) in [5, 5.41) is 2.47. The van der Waals surface area contributed by atoms with Crippen molar-refractivity contribution in [3.8, 4) is 0 Å². The Balaban J connectivity index is 3.93. The molecule has 0 bridgehead atoms. The highest BCUT2D eigenvalue weighted by molar-refractivity contribution is 6.18. The zero-order valence-electron chi connectivity index (χ0n) is 10.0. The summed E-state index contributed by atoms with van der Waals surface area (Å²) in [6.07, 6.45) is -1.10. The van der Waals surface area contributed by atoms with Gasteiger partial charge in [-0.05, 0) is 20.8 Å². The second-order valence-corrected chi connectivity index (χ2v) is 4.58. The van der Waals surface area contributed by atoms with Gasteiger partial charge in [0, 0.05) is 6.92 Å². The molecule has 94 valence electrons. The van der Waals surface area contributed by atoms with Crippen LogP contribution in [0.15, 0.2) is 0 Å². The Morgan fingerprint density at radius 3 is 2.31 bits per heavy atom. The van der Waals surface area contributed by atoms with Crippen molar-refractivity contribution < 1.29 is 19.1 Å². The predicted molar refractivity (Wildman–Crippen MR) is 60.5 cm³/mol. The maximum atomic E-state index is 11.2. The second-order valence-electron chi connectivity index (χ2n) is 4.27. The number of amides is 1. The van der Waals surface area contributed by atoms with Gasteiger partial charge in [-0.3, -0.25) is 4.79 Å². The molecule has 0 rings (SSSR count). The Hall–Kier alpha value is -0.970. The molecule has 0 aromatic rings. The van der Waals surface area contributed by atoms with E-state index < -0.39 is 23.8 Å². The van der Waals surface area contributed by atoms with Gasteiger partial charge in [0.05, 0.1) is 12.4 Å². The number of nitrogens with one attached hydrogen (secondary N) is 1. The third-order valence-electron chi connectivity index (χ3n) is 1.38. The van der Waals surface area contributed by atoms with Crippen molar-refractivity contribution in [2.45, 2.75) is 39.4 Å². The van der Waals surface area contributed by atoms with E-state index in [2.05, 4.69) is 5.32 Å².